The number of hydrogen-bond acceptors (Lipinski definition) is 7. The predicted molar refractivity (Wildman–Crippen MR) is 116 cm³/mol. The zero-order valence-electron chi connectivity index (χ0n) is 17.4. The number of halogens is 1. The van der Waals surface area contributed by atoms with E-state index in [0.29, 0.717) is 11.1 Å². The van der Waals surface area contributed by atoms with Gasteiger partial charge < -0.3 is 16.2 Å². The second-order valence-electron chi connectivity index (χ2n) is 8.60. The minimum atomic E-state index is -0.873. The number of fused-ring (bicyclic) bond motifs is 3. The molecule has 2 aromatic rings. The van der Waals surface area contributed by atoms with Crippen LogP contribution in [0.4, 0.5) is 10.2 Å². The number of allylic oxidation sites excluding steroid dienone is 1. The first-order valence-electron chi connectivity index (χ1n) is 10.5. The van der Waals surface area contributed by atoms with Crippen LogP contribution >= 0.6 is 0 Å². The minimum absolute atomic E-state index is 0.0191. The SMILES string of the molecule is Cn1cc(-c2nc(C3=C(N)C(=N)N=C3)nc(N[C@H]3C4CCC(CC4)[C@@H]3C(=O)O)c2F)cn1. The third kappa shape index (κ3) is 3.24. The number of rotatable bonds is 5. The Morgan fingerprint density at radius 2 is 2.00 bits per heavy atom. The zero-order chi connectivity index (χ0) is 22.6. The molecule has 5 N–H and O–H groups in total. The first-order chi connectivity index (χ1) is 15.3. The van der Waals surface area contributed by atoms with E-state index in [2.05, 4.69) is 25.4 Å². The minimum Gasteiger partial charge on any atom is -0.481 e. The summed E-state index contributed by atoms with van der Waals surface area (Å²) in [6.45, 7) is 0. The van der Waals surface area contributed by atoms with Crippen molar-refractivity contribution >= 4 is 29.4 Å². The molecule has 0 radical (unpaired) electrons. The van der Waals surface area contributed by atoms with E-state index in [4.69, 9.17) is 11.1 Å². The molecule has 3 fully saturated rings. The van der Waals surface area contributed by atoms with E-state index >= 15 is 4.39 Å². The van der Waals surface area contributed by atoms with Gasteiger partial charge in [-0.1, -0.05) is 0 Å². The third-order valence-electron chi connectivity index (χ3n) is 6.75. The lowest BCUT2D eigenvalue weighted by molar-refractivity contribution is -0.148. The number of aliphatic carboxylic acids is 1. The highest BCUT2D eigenvalue weighted by Gasteiger charge is 2.47. The van der Waals surface area contributed by atoms with Crippen molar-refractivity contribution in [3.63, 3.8) is 0 Å². The van der Waals surface area contributed by atoms with E-state index in [9.17, 15) is 9.90 Å². The van der Waals surface area contributed by atoms with Crippen LogP contribution in [0.1, 0.15) is 31.5 Å². The molecule has 11 heteroatoms. The maximum atomic E-state index is 15.6. The van der Waals surface area contributed by atoms with Crippen molar-refractivity contribution < 1.29 is 14.3 Å². The average molecular weight is 438 g/mol. The zero-order valence-corrected chi connectivity index (χ0v) is 17.4. The number of carbonyl (C=O) groups is 1. The molecule has 10 nitrogen and oxygen atoms in total. The number of aliphatic imine (C=N–C) groups is 1. The molecule has 3 saturated carbocycles. The topological polar surface area (TPSA) is 155 Å². The van der Waals surface area contributed by atoms with Gasteiger partial charge in [0.05, 0.1) is 23.4 Å². The number of anilines is 1. The van der Waals surface area contributed by atoms with E-state index in [-0.39, 0.29) is 40.7 Å². The Balaban J connectivity index is 1.61. The fourth-order valence-electron chi connectivity index (χ4n) is 5.14. The Kier molecular flexibility index (Phi) is 4.75. The van der Waals surface area contributed by atoms with E-state index in [1.807, 2.05) is 0 Å². The van der Waals surface area contributed by atoms with Crippen LogP contribution in [0.25, 0.3) is 16.8 Å². The average Bonchev–Trinajstić information content (AvgIpc) is 3.35. The Labute approximate surface area is 183 Å². The van der Waals surface area contributed by atoms with Gasteiger partial charge in [0.2, 0.25) is 0 Å². The highest BCUT2D eigenvalue weighted by molar-refractivity contribution is 6.26. The quantitative estimate of drug-likeness (QED) is 0.557. The number of nitrogens with two attached hydrogens (primary N) is 1. The largest absolute Gasteiger partial charge is 0.481 e. The third-order valence-corrected chi connectivity index (χ3v) is 6.75. The highest BCUT2D eigenvalue weighted by atomic mass is 19.1. The van der Waals surface area contributed by atoms with Crippen molar-refractivity contribution in [3.05, 3.63) is 29.7 Å². The van der Waals surface area contributed by atoms with Crippen LogP contribution in [0, 0.1) is 29.0 Å². The lowest BCUT2D eigenvalue weighted by Gasteiger charge is -2.47. The van der Waals surface area contributed by atoms with Gasteiger partial charge in [0.1, 0.15) is 5.69 Å². The molecule has 0 aromatic carbocycles. The van der Waals surface area contributed by atoms with E-state index < -0.39 is 23.7 Å². The van der Waals surface area contributed by atoms with Crippen LogP contribution < -0.4 is 11.1 Å². The fraction of sp³-hybridized carbons (Fsp3) is 0.429. The highest BCUT2D eigenvalue weighted by Crippen LogP contribution is 2.46. The molecular formula is C21H23FN8O2. The van der Waals surface area contributed by atoms with Crippen LogP contribution in [-0.2, 0) is 11.8 Å². The van der Waals surface area contributed by atoms with E-state index in [1.165, 1.54) is 17.1 Å². The summed E-state index contributed by atoms with van der Waals surface area (Å²) in [5.41, 5.74) is 6.86. The summed E-state index contributed by atoms with van der Waals surface area (Å²) in [4.78, 5) is 24.6. The predicted octanol–water partition coefficient (Wildman–Crippen LogP) is 2.05. The lowest BCUT2D eigenvalue weighted by Crippen LogP contribution is -2.51. The Hall–Kier alpha value is -3.63. The fourth-order valence-corrected chi connectivity index (χ4v) is 5.14. The van der Waals surface area contributed by atoms with Gasteiger partial charge in [-0.3, -0.25) is 14.9 Å². The first kappa shape index (κ1) is 20.3. The summed E-state index contributed by atoms with van der Waals surface area (Å²) in [5, 5.41) is 24.9. The summed E-state index contributed by atoms with van der Waals surface area (Å²) in [6, 6.07) is -0.430. The first-order valence-corrected chi connectivity index (χ1v) is 10.5. The van der Waals surface area contributed by atoms with Crippen LogP contribution in [0.15, 0.2) is 23.1 Å². The van der Waals surface area contributed by atoms with Gasteiger partial charge in [-0.15, -0.1) is 0 Å². The molecule has 1 aliphatic heterocycles. The van der Waals surface area contributed by atoms with Gasteiger partial charge in [0.25, 0.3) is 0 Å². The second kappa shape index (κ2) is 7.50. The number of carboxylic acid groups (broad SMARTS) is 1. The van der Waals surface area contributed by atoms with Crippen molar-refractivity contribution in [2.75, 3.05) is 5.32 Å². The number of nitrogens with one attached hydrogen (secondary N) is 2. The van der Waals surface area contributed by atoms with Crippen molar-refractivity contribution in [3.8, 4) is 11.3 Å². The number of nitrogens with zero attached hydrogens (tertiary/aromatic N) is 5. The van der Waals surface area contributed by atoms with Gasteiger partial charge >= 0.3 is 5.97 Å². The van der Waals surface area contributed by atoms with Crippen molar-refractivity contribution in [2.24, 2.45) is 35.5 Å². The summed E-state index contributed by atoms with van der Waals surface area (Å²) in [7, 11) is 1.71. The molecule has 4 aliphatic rings. The number of aryl methyl sites for hydroxylation is 1. The molecule has 3 aliphatic carbocycles. The van der Waals surface area contributed by atoms with Gasteiger partial charge in [0, 0.05) is 31.1 Å². The number of carboxylic acids is 1. The molecule has 2 aromatic heterocycles. The summed E-state index contributed by atoms with van der Waals surface area (Å²) in [6.07, 6.45) is 8.06. The molecule has 166 valence electrons. The van der Waals surface area contributed by atoms with Gasteiger partial charge in [0.15, 0.2) is 23.3 Å². The normalized spacial score (nSPS) is 26.8. The molecule has 0 unspecified atom stereocenters. The maximum Gasteiger partial charge on any atom is 0.308 e. The molecule has 2 bridgehead atoms. The summed E-state index contributed by atoms with van der Waals surface area (Å²) < 4.78 is 17.2. The Morgan fingerprint density at radius 1 is 1.28 bits per heavy atom. The van der Waals surface area contributed by atoms with Crippen molar-refractivity contribution in [1.82, 2.24) is 19.7 Å². The molecule has 0 saturated heterocycles. The summed E-state index contributed by atoms with van der Waals surface area (Å²) >= 11 is 0. The molecule has 0 amide bonds. The molecule has 2 atom stereocenters. The van der Waals surface area contributed by atoms with E-state index in [0.717, 1.165) is 25.7 Å². The van der Waals surface area contributed by atoms with E-state index in [1.54, 1.807) is 13.2 Å². The number of aromatic nitrogens is 4. The molecule has 6 rings (SSSR count). The van der Waals surface area contributed by atoms with Crippen LogP contribution in [0.5, 0.6) is 0 Å². The van der Waals surface area contributed by atoms with Gasteiger partial charge in [-0.05, 0) is 37.5 Å². The molecule has 3 heterocycles. The van der Waals surface area contributed by atoms with Gasteiger partial charge in [-0.2, -0.15) is 5.10 Å². The van der Waals surface area contributed by atoms with Crippen LogP contribution in [0.2, 0.25) is 0 Å². The Morgan fingerprint density at radius 3 is 2.59 bits per heavy atom. The molecular weight excluding hydrogens is 415 g/mol. The van der Waals surface area contributed by atoms with Gasteiger partial charge in [-0.25, -0.2) is 19.4 Å². The van der Waals surface area contributed by atoms with Crippen LogP contribution in [0.3, 0.4) is 0 Å². The Bertz CT molecular complexity index is 1180. The molecule has 0 spiro atoms. The smallest absolute Gasteiger partial charge is 0.308 e. The standard InChI is InChI=1S/C21H23FN8O2/c1-30-8-11(6-26-30)17-14(22)20(29-19(28-17)12-7-25-18(24)15(12)23)27-16-10-4-2-9(3-5-10)13(16)21(31)32/h6-10,13,16H,2-5H2,1H3,(H,31,32)(H3,23,24,25)(H,27,28,29)/t9?,10?,13-,16-/m0/s1. The van der Waals surface area contributed by atoms with Crippen molar-refractivity contribution in [2.45, 2.75) is 31.7 Å². The summed E-state index contributed by atoms with van der Waals surface area (Å²) in [5.74, 6) is -2.04. The molecule has 32 heavy (non-hydrogen) atoms. The van der Waals surface area contributed by atoms with Crippen molar-refractivity contribution in [1.29, 1.82) is 5.41 Å². The second-order valence-corrected chi connectivity index (χ2v) is 8.60. The van der Waals surface area contributed by atoms with Crippen LogP contribution in [-0.4, -0.2) is 48.9 Å². The monoisotopic (exact) mass is 438 g/mol. The number of hydrogen-bond donors (Lipinski definition) is 4. The lowest BCUT2D eigenvalue weighted by atomic mass is 9.61. The maximum absolute atomic E-state index is 15.6. The number of amidine groups is 1.